The molecule has 0 amide bonds. The topological polar surface area (TPSA) is 20.2 Å². The standard InChI is InChI=1S/C12H17ClOS/c1-8(2)7-15-12-5-4-10(9(3)14)6-11(12)13/h4-6,8-9,14H,7H2,1-3H3. The maximum absolute atomic E-state index is 9.39. The van der Waals surface area contributed by atoms with Gasteiger partial charge in [-0.3, -0.25) is 0 Å². The van der Waals surface area contributed by atoms with E-state index in [4.69, 9.17) is 11.6 Å². The highest BCUT2D eigenvalue weighted by atomic mass is 35.5. The van der Waals surface area contributed by atoms with Crippen LogP contribution in [0.5, 0.6) is 0 Å². The first-order chi connectivity index (χ1) is 7.00. The molecule has 0 saturated carbocycles. The third kappa shape index (κ3) is 4.06. The fourth-order valence-electron chi connectivity index (χ4n) is 1.15. The first-order valence-corrected chi connectivity index (χ1v) is 6.47. The van der Waals surface area contributed by atoms with E-state index in [-0.39, 0.29) is 0 Å². The van der Waals surface area contributed by atoms with Crippen molar-refractivity contribution in [2.45, 2.75) is 31.8 Å². The Labute approximate surface area is 101 Å². The zero-order valence-corrected chi connectivity index (χ0v) is 10.9. The molecule has 1 aromatic rings. The number of halogens is 1. The van der Waals surface area contributed by atoms with Crippen molar-refractivity contribution in [1.29, 1.82) is 0 Å². The van der Waals surface area contributed by atoms with Gasteiger partial charge in [0.1, 0.15) is 0 Å². The molecule has 0 aliphatic heterocycles. The highest BCUT2D eigenvalue weighted by molar-refractivity contribution is 7.99. The number of aliphatic hydroxyl groups excluding tert-OH is 1. The molecule has 0 bridgehead atoms. The van der Waals surface area contributed by atoms with Crippen molar-refractivity contribution in [2.75, 3.05) is 5.75 Å². The van der Waals surface area contributed by atoms with E-state index in [0.717, 1.165) is 21.2 Å². The predicted octanol–water partition coefficient (Wildman–Crippen LogP) is 4.14. The predicted molar refractivity (Wildman–Crippen MR) is 67.6 cm³/mol. The minimum Gasteiger partial charge on any atom is -0.389 e. The van der Waals surface area contributed by atoms with Gasteiger partial charge < -0.3 is 5.11 Å². The second kappa shape index (κ2) is 5.78. The fourth-order valence-corrected chi connectivity index (χ4v) is 2.38. The van der Waals surface area contributed by atoms with Crippen LogP contribution in [0.15, 0.2) is 23.1 Å². The summed E-state index contributed by atoms with van der Waals surface area (Å²) < 4.78 is 0. The third-order valence-corrected chi connectivity index (χ3v) is 3.94. The van der Waals surface area contributed by atoms with Gasteiger partial charge in [-0.05, 0) is 30.5 Å². The molecule has 1 atom stereocenters. The normalized spacial score (nSPS) is 13.2. The second-order valence-corrected chi connectivity index (χ2v) is 5.54. The van der Waals surface area contributed by atoms with Crippen molar-refractivity contribution in [3.05, 3.63) is 28.8 Å². The molecule has 0 spiro atoms. The zero-order chi connectivity index (χ0) is 11.4. The molecule has 0 saturated heterocycles. The number of thioether (sulfide) groups is 1. The Morgan fingerprint density at radius 1 is 1.33 bits per heavy atom. The van der Waals surface area contributed by atoms with Crippen LogP contribution in [0.1, 0.15) is 32.4 Å². The van der Waals surface area contributed by atoms with Gasteiger partial charge in [0, 0.05) is 10.6 Å². The lowest BCUT2D eigenvalue weighted by Crippen LogP contribution is -1.93. The minimum absolute atomic E-state index is 0.452. The molecule has 1 N–H and O–H groups in total. The molecular weight excluding hydrogens is 228 g/mol. The van der Waals surface area contributed by atoms with Crippen LogP contribution in [0.2, 0.25) is 5.02 Å². The summed E-state index contributed by atoms with van der Waals surface area (Å²) in [7, 11) is 0. The van der Waals surface area contributed by atoms with E-state index in [1.54, 1.807) is 18.7 Å². The molecule has 0 aliphatic carbocycles. The summed E-state index contributed by atoms with van der Waals surface area (Å²) in [6.45, 7) is 6.11. The monoisotopic (exact) mass is 244 g/mol. The number of rotatable bonds is 4. The van der Waals surface area contributed by atoms with E-state index >= 15 is 0 Å². The Kier molecular flexibility index (Phi) is 4.97. The molecule has 1 unspecified atom stereocenters. The van der Waals surface area contributed by atoms with E-state index in [2.05, 4.69) is 13.8 Å². The summed E-state index contributed by atoms with van der Waals surface area (Å²) >= 11 is 7.89. The second-order valence-electron chi connectivity index (χ2n) is 4.07. The summed E-state index contributed by atoms with van der Waals surface area (Å²) in [5.74, 6) is 1.72. The lowest BCUT2D eigenvalue weighted by atomic mass is 10.1. The van der Waals surface area contributed by atoms with Crippen LogP contribution >= 0.6 is 23.4 Å². The smallest absolute Gasteiger partial charge is 0.0762 e. The van der Waals surface area contributed by atoms with Gasteiger partial charge in [-0.1, -0.05) is 31.5 Å². The Bertz CT molecular complexity index is 323. The van der Waals surface area contributed by atoms with E-state index in [0.29, 0.717) is 5.92 Å². The number of benzene rings is 1. The molecule has 3 heteroatoms. The molecule has 1 aromatic carbocycles. The molecule has 1 nitrogen and oxygen atoms in total. The average molecular weight is 245 g/mol. The van der Waals surface area contributed by atoms with E-state index < -0.39 is 6.10 Å². The van der Waals surface area contributed by atoms with E-state index in [1.807, 2.05) is 18.2 Å². The Morgan fingerprint density at radius 2 is 2.00 bits per heavy atom. The van der Waals surface area contributed by atoms with Gasteiger partial charge in [-0.2, -0.15) is 0 Å². The lowest BCUT2D eigenvalue weighted by Gasteiger charge is -2.09. The van der Waals surface area contributed by atoms with Crippen molar-refractivity contribution in [3.63, 3.8) is 0 Å². The molecule has 0 aromatic heterocycles. The molecule has 0 radical (unpaired) electrons. The van der Waals surface area contributed by atoms with Gasteiger partial charge in [0.25, 0.3) is 0 Å². The number of hydrogen-bond donors (Lipinski definition) is 1. The quantitative estimate of drug-likeness (QED) is 0.804. The highest BCUT2D eigenvalue weighted by Gasteiger charge is 2.06. The molecule has 0 fully saturated rings. The van der Waals surface area contributed by atoms with Crippen LogP contribution in [0.25, 0.3) is 0 Å². The summed E-state index contributed by atoms with van der Waals surface area (Å²) in [6.07, 6.45) is -0.452. The van der Waals surface area contributed by atoms with Gasteiger partial charge in [0.15, 0.2) is 0 Å². The van der Waals surface area contributed by atoms with Gasteiger partial charge in [-0.15, -0.1) is 11.8 Å². The lowest BCUT2D eigenvalue weighted by molar-refractivity contribution is 0.199. The summed E-state index contributed by atoms with van der Waals surface area (Å²) in [4.78, 5) is 1.09. The molecule has 84 valence electrons. The van der Waals surface area contributed by atoms with Crippen molar-refractivity contribution < 1.29 is 5.11 Å². The first-order valence-electron chi connectivity index (χ1n) is 5.11. The Hall–Kier alpha value is -0.180. The van der Waals surface area contributed by atoms with Crippen molar-refractivity contribution in [1.82, 2.24) is 0 Å². The molecule has 0 aliphatic rings. The SMILES string of the molecule is CC(C)CSc1ccc(C(C)O)cc1Cl. The summed E-state index contributed by atoms with van der Waals surface area (Å²) in [6, 6.07) is 5.76. The molecule has 15 heavy (non-hydrogen) atoms. The highest BCUT2D eigenvalue weighted by Crippen LogP contribution is 2.30. The van der Waals surface area contributed by atoms with Crippen LogP contribution in [0.3, 0.4) is 0 Å². The number of hydrogen-bond acceptors (Lipinski definition) is 2. The van der Waals surface area contributed by atoms with Crippen LogP contribution in [-0.4, -0.2) is 10.9 Å². The van der Waals surface area contributed by atoms with Gasteiger partial charge >= 0.3 is 0 Å². The third-order valence-electron chi connectivity index (χ3n) is 2.01. The van der Waals surface area contributed by atoms with Gasteiger partial charge in [0.2, 0.25) is 0 Å². The van der Waals surface area contributed by atoms with Crippen LogP contribution in [0.4, 0.5) is 0 Å². The summed E-state index contributed by atoms with van der Waals surface area (Å²) in [5.41, 5.74) is 0.869. The molecular formula is C12H17ClOS. The Balaban J connectivity index is 2.75. The minimum atomic E-state index is -0.452. The molecule has 0 heterocycles. The maximum atomic E-state index is 9.39. The number of aliphatic hydroxyl groups is 1. The van der Waals surface area contributed by atoms with Crippen molar-refractivity contribution in [2.24, 2.45) is 5.92 Å². The van der Waals surface area contributed by atoms with Gasteiger partial charge in [0.05, 0.1) is 11.1 Å². The van der Waals surface area contributed by atoms with Crippen LogP contribution < -0.4 is 0 Å². The fraction of sp³-hybridized carbons (Fsp3) is 0.500. The maximum Gasteiger partial charge on any atom is 0.0762 e. The first kappa shape index (κ1) is 12.9. The average Bonchev–Trinajstić information content (AvgIpc) is 2.15. The van der Waals surface area contributed by atoms with Gasteiger partial charge in [-0.25, -0.2) is 0 Å². The van der Waals surface area contributed by atoms with E-state index in [9.17, 15) is 5.11 Å². The van der Waals surface area contributed by atoms with Crippen LogP contribution in [0, 0.1) is 5.92 Å². The van der Waals surface area contributed by atoms with Crippen LogP contribution in [-0.2, 0) is 0 Å². The Morgan fingerprint density at radius 3 is 2.47 bits per heavy atom. The largest absolute Gasteiger partial charge is 0.389 e. The zero-order valence-electron chi connectivity index (χ0n) is 9.33. The summed E-state index contributed by atoms with van der Waals surface area (Å²) in [5, 5.41) is 10.1. The van der Waals surface area contributed by atoms with Crippen molar-refractivity contribution >= 4 is 23.4 Å². The van der Waals surface area contributed by atoms with Crippen molar-refractivity contribution in [3.8, 4) is 0 Å². The molecule has 1 rings (SSSR count). The van der Waals surface area contributed by atoms with E-state index in [1.165, 1.54) is 0 Å².